The lowest BCUT2D eigenvalue weighted by atomic mass is 10.3. The molecule has 0 unspecified atom stereocenters. The van der Waals surface area contributed by atoms with Crippen molar-refractivity contribution >= 4 is 5.96 Å². The van der Waals surface area contributed by atoms with Crippen molar-refractivity contribution < 1.29 is 4.74 Å². The summed E-state index contributed by atoms with van der Waals surface area (Å²) in [5.74, 6) is 2.54. The summed E-state index contributed by atoms with van der Waals surface area (Å²) in [5, 5.41) is 14.6. The third-order valence-electron chi connectivity index (χ3n) is 3.38. The lowest BCUT2D eigenvalue weighted by Crippen LogP contribution is -2.38. The van der Waals surface area contributed by atoms with Crippen molar-refractivity contribution in [2.75, 3.05) is 19.7 Å². The van der Waals surface area contributed by atoms with Crippen LogP contribution in [0.2, 0.25) is 0 Å². The van der Waals surface area contributed by atoms with Crippen LogP contribution in [0.4, 0.5) is 0 Å². The van der Waals surface area contributed by atoms with Crippen LogP contribution in [0.3, 0.4) is 0 Å². The minimum atomic E-state index is 0.504. The Morgan fingerprint density at radius 2 is 2.04 bits per heavy atom. The molecule has 1 aromatic heterocycles. The van der Waals surface area contributed by atoms with Gasteiger partial charge in [0.05, 0.1) is 6.61 Å². The van der Waals surface area contributed by atoms with Gasteiger partial charge in [-0.15, -0.1) is 10.2 Å². The molecule has 0 aliphatic heterocycles. The van der Waals surface area contributed by atoms with Gasteiger partial charge in [-0.2, -0.15) is 0 Å². The molecule has 130 valence electrons. The summed E-state index contributed by atoms with van der Waals surface area (Å²) in [7, 11) is 0. The van der Waals surface area contributed by atoms with Gasteiger partial charge < -0.3 is 19.9 Å². The van der Waals surface area contributed by atoms with Gasteiger partial charge in [-0.25, -0.2) is 4.99 Å². The Labute approximate surface area is 143 Å². The highest BCUT2D eigenvalue weighted by Gasteiger charge is 2.03. The zero-order chi connectivity index (χ0) is 17.0. The Morgan fingerprint density at radius 1 is 1.21 bits per heavy atom. The molecular formula is C17H26N6O. The first-order chi connectivity index (χ1) is 11.8. The summed E-state index contributed by atoms with van der Waals surface area (Å²) in [6.07, 6.45) is 2.62. The maximum Gasteiger partial charge on any atom is 0.191 e. The van der Waals surface area contributed by atoms with Crippen LogP contribution < -0.4 is 15.4 Å². The van der Waals surface area contributed by atoms with Gasteiger partial charge in [0, 0.05) is 19.6 Å². The highest BCUT2D eigenvalue weighted by atomic mass is 16.5. The predicted octanol–water partition coefficient (Wildman–Crippen LogP) is 1.82. The van der Waals surface area contributed by atoms with E-state index in [1.54, 1.807) is 6.33 Å². The smallest absolute Gasteiger partial charge is 0.191 e. The largest absolute Gasteiger partial charge is 0.494 e. The Balaban J connectivity index is 1.73. The zero-order valence-electron chi connectivity index (χ0n) is 14.4. The van der Waals surface area contributed by atoms with Gasteiger partial charge in [0.25, 0.3) is 0 Å². The SMILES string of the molecule is CCNC(=NCc1nncn1CC)NCCCOc1ccccc1. The molecule has 2 aromatic rings. The fourth-order valence-corrected chi connectivity index (χ4v) is 2.14. The molecule has 7 nitrogen and oxygen atoms in total. The number of benzene rings is 1. The van der Waals surface area contributed by atoms with E-state index in [4.69, 9.17) is 4.74 Å². The van der Waals surface area contributed by atoms with Crippen molar-refractivity contribution in [3.63, 3.8) is 0 Å². The summed E-state index contributed by atoms with van der Waals surface area (Å²) in [6.45, 7) is 7.73. The van der Waals surface area contributed by atoms with Gasteiger partial charge in [0.2, 0.25) is 0 Å². The van der Waals surface area contributed by atoms with E-state index in [0.717, 1.165) is 43.6 Å². The van der Waals surface area contributed by atoms with Crippen LogP contribution in [0.1, 0.15) is 26.1 Å². The number of hydrogen-bond acceptors (Lipinski definition) is 4. The number of hydrogen-bond donors (Lipinski definition) is 2. The van der Waals surface area contributed by atoms with E-state index < -0.39 is 0 Å². The molecule has 0 saturated heterocycles. The molecule has 1 aromatic carbocycles. The predicted molar refractivity (Wildman–Crippen MR) is 95.1 cm³/mol. The average Bonchev–Trinajstić information content (AvgIpc) is 3.07. The first kappa shape index (κ1) is 17.8. The van der Waals surface area contributed by atoms with Gasteiger partial charge in [-0.05, 0) is 32.4 Å². The number of aliphatic imine (C=N–C) groups is 1. The van der Waals surface area contributed by atoms with Crippen molar-refractivity contribution in [3.05, 3.63) is 42.5 Å². The number of ether oxygens (including phenoxy) is 1. The van der Waals surface area contributed by atoms with E-state index in [1.165, 1.54) is 0 Å². The van der Waals surface area contributed by atoms with Crippen LogP contribution in [-0.2, 0) is 13.1 Å². The van der Waals surface area contributed by atoms with Gasteiger partial charge in [-0.1, -0.05) is 18.2 Å². The normalized spacial score (nSPS) is 11.3. The maximum atomic E-state index is 5.68. The summed E-state index contributed by atoms with van der Waals surface area (Å²) >= 11 is 0. The van der Waals surface area contributed by atoms with E-state index in [9.17, 15) is 0 Å². The molecule has 0 fully saturated rings. The Hall–Kier alpha value is -2.57. The van der Waals surface area contributed by atoms with E-state index in [2.05, 4.69) is 32.7 Å². The molecule has 1 heterocycles. The Kier molecular flexibility index (Phi) is 7.59. The molecule has 24 heavy (non-hydrogen) atoms. The molecule has 0 aliphatic rings. The standard InChI is InChI=1S/C17H26N6O/c1-3-18-17(20-13-16-22-21-14-23(16)4-2)19-11-8-12-24-15-9-6-5-7-10-15/h5-7,9-10,14H,3-4,8,11-13H2,1-2H3,(H2,18,19,20). The highest BCUT2D eigenvalue weighted by Crippen LogP contribution is 2.08. The van der Waals surface area contributed by atoms with E-state index in [0.29, 0.717) is 13.2 Å². The lowest BCUT2D eigenvalue weighted by molar-refractivity contribution is 0.311. The third kappa shape index (κ3) is 5.91. The van der Waals surface area contributed by atoms with Crippen molar-refractivity contribution in [3.8, 4) is 5.75 Å². The van der Waals surface area contributed by atoms with Crippen molar-refractivity contribution in [1.29, 1.82) is 0 Å². The summed E-state index contributed by atoms with van der Waals surface area (Å²) < 4.78 is 7.66. The molecule has 0 bridgehead atoms. The molecule has 2 rings (SSSR count). The molecule has 0 spiro atoms. The molecule has 0 radical (unpaired) electrons. The van der Waals surface area contributed by atoms with Crippen LogP contribution in [0.15, 0.2) is 41.7 Å². The molecule has 2 N–H and O–H groups in total. The minimum absolute atomic E-state index is 0.504. The number of guanidine groups is 1. The molecular weight excluding hydrogens is 304 g/mol. The molecule has 0 aliphatic carbocycles. The summed E-state index contributed by atoms with van der Waals surface area (Å²) in [6, 6.07) is 9.84. The fraction of sp³-hybridized carbons (Fsp3) is 0.471. The van der Waals surface area contributed by atoms with Gasteiger partial charge >= 0.3 is 0 Å². The van der Waals surface area contributed by atoms with Crippen molar-refractivity contribution in [2.45, 2.75) is 33.4 Å². The van der Waals surface area contributed by atoms with Crippen LogP contribution in [0.25, 0.3) is 0 Å². The summed E-state index contributed by atoms with van der Waals surface area (Å²) in [4.78, 5) is 4.55. The minimum Gasteiger partial charge on any atom is -0.494 e. The quantitative estimate of drug-likeness (QED) is 0.417. The second-order valence-electron chi connectivity index (χ2n) is 5.17. The fourth-order valence-electron chi connectivity index (χ4n) is 2.14. The van der Waals surface area contributed by atoms with Gasteiger partial charge in [-0.3, -0.25) is 0 Å². The van der Waals surface area contributed by atoms with E-state index in [-0.39, 0.29) is 0 Å². The van der Waals surface area contributed by atoms with Crippen LogP contribution in [-0.4, -0.2) is 40.4 Å². The molecule has 0 amide bonds. The van der Waals surface area contributed by atoms with Crippen molar-refractivity contribution in [2.24, 2.45) is 4.99 Å². The Morgan fingerprint density at radius 3 is 2.79 bits per heavy atom. The Bertz CT molecular complexity index is 611. The monoisotopic (exact) mass is 330 g/mol. The number of nitrogens with one attached hydrogen (secondary N) is 2. The molecule has 7 heteroatoms. The molecule has 0 atom stereocenters. The lowest BCUT2D eigenvalue weighted by Gasteiger charge is -2.11. The number of rotatable bonds is 9. The number of para-hydroxylation sites is 1. The van der Waals surface area contributed by atoms with Crippen LogP contribution >= 0.6 is 0 Å². The van der Waals surface area contributed by atoms with Gasteiger partial charge in [0.1, 0.15) is 18.6 Å². The highest BCUT2D eigenvalue weighted by molar-refractivity contribution is 5.79. The summed E-state index contributed by atoms with van der Waals surface area (Å²) in [5.41, 5.74) is 0. The number of nitrogens with zero attached hydrogens (tertiary/aromatic N) is 4. The van der Waals surface area contributed by atoms with Crippen LogP contribution in [0.5, 0.6) is 5.75 Å². The van der Waals surface area contributed by atoms with E-state index >= 15 is 0 Å². The average molecular weight is 330 g/mol. The first-order valence-corrected chi connectivity index (χ1v) is 8.40. The second-order valence-corrected chi connectivity index (χ2v) is 5.17. The zero-order valence-corrected chi connectivity index (χ0v) is 14.4. The third-order valence-corrected chi connectivity index (χ3v) is 3.38. The molecule has 0 saturated carbocycles. The topological polar surface area (TPSA) is 76.4 Å². The van der Waals surface area contributed by atoms with Crippen LogP contribution in [0, 0.1) is 0 Å². The number of aromatic nitrogens is 3. The van der Waals surface area contributed by atoms with Gasteiger partial charge in [0.15, 0.2) is 11.8 Å². The van der Waals surface area contributed by atoms with E-state index in [1.807, 2.05) is 41.8 Å². The maximum absolute atomic E-state index is 5.68. The number of aryl methyl sites for hydroxylation is 1. The second kappa shape index (κ2) is 10.3. The first-order valence-electron chi connectivity index (χ1n) is 8.40. The van der Waals surface area contributed by atoms with Crippen molar-refractivity contribution in [1.82, 2.24) is 25.4 Å².